The first-order valence-electron chi connectivity index (χ1n) is 4.90. The van der Waals surface area contributed by atoms with Crippen LogP contribution in [0.15, 0.2) is 6.20 Å². The number of rotatable bonds is 4. The first-order valence-corrected chi connectivity index (χ1v) is 4.90. The number of aromatic nitrogens is 3. The normalized spacial score (nSPS) is 13.3. The summed E-state index contributed by atoms with van der Waals surface area (Å²) in [6.07, 6.45) is 3.13. The fraction of sp³-hybridized carbons (Fsp3) is 0.778. The van der Waals surface area contributed by atoms with E-state index in [1.165, 1.54) is 0 Å². The molecule has 0 amide bonds. The molecule has 0 fully saturated rings. The van der Waals surface area contributed by atoms with Gasteiger partial charge < -0.3 is 4.59 Å². The first-order chi connectivity index (χ1) is 6.13. The molecule has 1 heterocycles. The van der Waals surface area contributed by atoms with Crippen LogP contribution in [0.25, 0.3) is 0 Å². The van der Waals surface area contributed by atoms with Gasteiger partial charge in [0.25, 0.3) is 7.41 Å². The van der Waals surface area contributed by atoms with E-state index in [1.54, 1.807) is 0 Å². The molecule has 71 valence electrons. The summed E-state index contributed by atoms with van der Waals surface area (Å²) >= 11 is 0. The van der Waals surface area contributed by atoms with E-state index in [1.807, 2.05) is 10.8 Å². The lowest BCUT2D eigenvalue weighted by molar-refractivity contribution is 0.782. The molecule has 0 aromatic carbocycles. The Hall–Kier alpha value is -0.795. The zero-order chi connectivity index (χ0) is 9.84. The highest BCUT2D eigenvalue weighted by atomic mass is 15.4. The van der Waals surface area contributed by atoms with Gasteiger partial charge in [0.15, 0.2) is 0 Å². The first kappa shape index (κ1) is 10.3. The van der Waals surface area contributed by atoms with Gasteiger partial charge in [-0.1, -0.05) is 39.3 Å². The minimum Gasteiger partial charge on any atom is -0.303 e. The van der Waals surface area contributed by atoms with Crippen LogP contribution in [0.5, 0.6) is 0 Å². The maximum Gasteiger partial charge on any atom is 0.284 e. The van der Waals surface area contributed by atoms with Crippen LogP contribution in [0.1, 0.15) is 45.7 Å². The van der Waals surface area contributed by atoms with Crippen LogP contribution in [0.3, 0.4) is 0 Å². The van der Waals surface area contributed by atoms with Crippen molar-refractivity contribution in [1.82, 2.24) is 14.9 Å². The Morgan fingerprint density at radius 3 is 2.62 bits per heavy atom. The van der Waals surface area contributed by atoms with Crippen molar-refractivity contribution in [3.05, 3.63) is 11.9 Å². The van der Waals surface area contributed by atoms with Gasteiger partial charge in [-0.2, -0.15) is 0 Å². The van der Waals surface area contributed by atoms with Crippen molar-refractivity contribution in [1.29, 1.82) is 0 Å². The molecule has 0 aliphatic heterocycles. The van der Waals surface area contributed by atoms with Crippen molar-refractivity contribution < 1.29 is 0 Å². The van der Waals surface area contributed by atoms with Crippen molar-refractivity contribution in [2.45, 2.75) is 45.9 Å². The highest BCUT2D eigenvalue weighted by molar-refractivity contribution is 6.35. The Morgan fingerprint density at radius 2 is 2.15 bits per heavy atom. The van der Waals surface area contributed by atoms with E-state index in [-0.39, 0.29) is 0 Å². The Kier molecular flexibility index (Phi) is 3.52. The average Bonchev–Trinajstić information content (AvgIpc) is 2.52. The van der Waals surface area contributed by atoms with Gasteiger partial charge in [-0.05, 0) is 11.7 Å². The van der Waals surface area contributed by atoms with E-state index in [9.17, 15) is 0 Å². The molecule has 0 aliphatic carbocycles. The maximum absolute atomic E-state index is 4.08. The molecule has 1 aromatic heterocycles. The lowest BCUT2D eigenvalue weighted by Crippen LogP contribution is -2.11. The highest BCUT2D eigenvalue weighted by Gasteiger charge is 2.08. The summed E-state index contributed by atoms with van der Waals surface area (Å²) in [7, 11) is 2.10. The minimum atomic E-state index is 0.457. The zero-order valence-corrected chi connectivity index (χ0v) is 8.86. The van der Waals surface area contributed by atoms with Gasteiger partial charge in [0.05, 0.1) is 5.69 Å². The molecule has 0 N–H and O–H groups in total. The highest BCUT2D eigenvalue weighted by Crippen LogP contribution is 2.11. The van der Waals surface area contributed by atoms with Crippen LogP contribution >= 0.6 is 0 Å². The molecular weight excluding hydrogens is 161 g/mol. The second-order valence-electron chi connectivity index (χ2n) is 3.81. The fourth-order valence-corrected chi connectivity index (χ4v) is 0.994. The Bertz CT molecular complexity index is 257. The summed E-state index contributed by atoms with van der Waals surface area (Å²) in [6, 6.07) is 0. The number of nitrogens with zero attached hydrogens (tertiary/aromatic N) is 3. The number of hydrogen-bond acceptors (Lipinski definition) is 2. The topological polar surface area (TPSA) is 30.7 Å². The lowest BCUT2D eigenvalue weighted by atomic mass is 9.75. The second-order valence-corrected chi connectivity index (χ2v) is 3.81. The summed E-state index contributed by atoms with van der Waals surface area (Å²) in [5.41, 5.74) is 1.06. The molecule has 0 saturated carbocycles. The van der Waals surface area contributed by atoms with Crippen molar-refractivity contribution in [2.24, 2.45) is 0 Å². The predicted octanol–water partition coefficient (Wildman–Crippen LogP) is 2.09. The molecule has 1 radical (unpaired) electrons. The third-order valence-electron chi connectivity index (χ3n) is 2.17. The molecule has 1 rings (SSSR count). The predicted molar refractivity (Wildman–Crippen MR) is 55.0 cm³/mol. The Morgan fingerprint density at radius 1 is 1.46 bits per heavy atom. The van der Waals surface area contributed by atoms with Crippen LogP contribution in [-0.4, -0.2) is 22.3 Å². The molecule has 1 unspecified atom stereocenters. The van der Waals surface area contributed by atoms with E-state index >= 15 is 0 Å². The van der Waals surface area contributed by atoms with Gasteiger partial charge in [-0.25, -0.2) is 0 Å². The van der Waals surface area contributed by atoms with Crippen LogP contribution in [-0.2, 0) is 0 Å². The molecule has 13 heavy (non-hydrogen) atoms. The quantitative estimate of drug-likeness (QED) is 0.661. The van der Waals surface area contributed by atoms with Crippen molar-refractivity contribution >= 4 is 7.41 Å². The third kappa shape index (κ3) is 2.86. The summed E-state index contributed by atoms with van der Waals surface area (Å²) in [5.74, 6) is 1.01. The van der Waals surface area contributed by atoms with Gasteiger partial charge >= 0.3 is 0 Å². The molecule has 0 spiro atoms. The monoisotopic (exact) mass is 178 g/mol. The van der Waals surface area contributed by atoms with Gasteiger partial charge in [0, 0.05) is 6.20 Å². The number of hydrogen-bond donors (Lipinski definition) is 0. The molecule has 1 aromatic rings. The Balaban J connectivity index is 2.58. The van der Waals surface area contributed by atoms with E-state index in [2.05, 4.69) is 45.4 Å². The molecule has 0 saturated heterocycles. The van der Waals surface area contributed by atoms with Crippen LogP contribution in [0.4, 0.5) is 0 Å². The lowest BCUT2D eigenvalue weighted by Gasteiger charge is -2.03. The van der Waals surface area contributed by atoms with Crippen LogP contribution in [0, 0.1) is 0 Å². The van der Waals surface area contributed by atoms with E-state index < -0.39 is 0 Å². The standard InChI is InChI=1S/C9H17BN3/c1-5-8(4)10-13-6-9(7(2)3)11-12-13/h6-8H,5H2,1-4H3. The molecule has 3 nitrogen and oxygen atoms in total. The summed E-state index contributed by atoms with van der Waals surface area (Å²) in [5, 5.41) is 8.12. The van der Waals surface area contributed by atoms with Crippen molar-refractivity contribution in [3.63, 3.8) is 0 Å². The minimum absolute atomic E-state index is 0.457. The fourth-order valence-electron chi connectivity index (χ4n) is 0.994. The largest absolute Gasteiger partial charge is 0.303 e. The van der Waals surface area contributed by atoms with E-state index in [0.717, 1.165) is 12.1 Å². The van der Waals surface area contributed by atoms with Crippen molar-refractivity contribution in [2.75, 3.05) is 0 Å². The van der Waals surface area contributed by atoms with Gasteiger partial charge in [-0.3, -0.25) is 0 Å². The zero-order valence-electron chi connectivity index (χ0n) is 8.86. The van der Waals surface area contributed by atoms with Crippen LogP contribution < -0.4 is 0 Å². The van der Waals surface area contributed by atoms with E-state index in [4.69, 9.17) is 0 Å². The Labute approximate surface area is 80.8 Å². The molecule has 0 bridgehead atoms. The van der Waals surface area contributed by atoms with Gasteiger partial charge in [-0.15, -0.1) is 5.10 Å². The molecule has 0 aliphatic rings. The summed E-state index contributed by atoms with van der Waals surface area (Å²) < 4.78 is 1.82. The molecular formula is C9H17BN3. The SMILES string of the molecule is CCC(C)[B]n1cc(C(C)C)nn1. The molecule has 1 atom stereocenters. The van der Waals surface area contributed by atoms with Gasteiger partial charge in [0.1, 0.15) is 0 Å². The smallest absolute Gasteiger partial charge is 0.284 e. The summed E-state index contributed by atoms with van der Waals surface area (Å²) in [6.45, 7) is 8.59. The van der Waals surface area contributed by atoms with Crippen molar-refractivity contribution in [3.8, 4) is 0 Å². The second kappa shape index (κ2) is 4.44. The maximum atomic E-state index is 4.08. The van der Waals surface area contributed by atoms with Gasteiger partial charge in [0.2, 0.25) is 0 Å². The van der Waals surface area contributed by atoms with Crippen LogP contribution in [0.2, 0.25) is 5.82 Å². The molecule has 4 heteroatoms. The third-order valence-corrected chi connectivity index (χ3v) is 2.17. The average molecular weight is 178 g/mol. The van der Waals surface area contributed by atoms with E-state index in [0.29, 0.717) is 11.7 Å². The summed E-state index contributed by atoms with van der Waals surface area (Å²) in [4.78, 5) is 0.